The first-order valence-electron chi connectivity index (χ1n) is 5.09. The standard InChI is InChI=1S/C12H8F6O2/c1-6(2)10(19)20-8-5-3-4-7(11(13,14)15)9(8)12(16,17)18/h3-5H,1H2,2H3. The Labute approximate surface area is 109 Å². The Kier molecular flexibility index (Phi) is 4.16. The van der Waals surface area contributed by atoms with E-state index in [0.29, 0.717) is 6.07 Å². The van der Waals surface area contributed by atoms with Gasteiger partial charge in [0.1, 0.15) is 11.3 Å². The molecule has 2 nitrogen and oxygen atoms in total. The number of benzene rings is 1. The zero-order valence-electron chi connectivity index (χ0n) is 10.0. The number of ether oxygens (including phenoxy) is 1. The molecule has 0 amide bonds. The van der Waals surface area contributed by atoms with Gasteiger partial charge < -0.3 is 4.74 Å². The van der Waals surface area contributed by atoms with Gasteiger partial charge in [0, 0.05) is 5.57 Å². The molecular formula is C12H8F6O2. The SMILES string of the molecule is C=C(C)C(=O)Oc1cccc(C(F)(F)F)c1C(F)(F)F. The number of carbonyl (C=O) groups is 1. The van der Waals surface area contributed by atoms with Gasteiger partial charge in [-0.05, 0) is 19.1 Å². The van der Waals surface area contributed by atoms with Crippen molar-refractivity contribution in [3.8, 4) is 5.75 Å². The Morgan fingerprint density at radius 3 is 2.05 bits per heavy atom. The van der Waals surface area contributed by atoms with Crippen molar-refractivity contribution in [3.63, 3.8) is 0 Å². The molecule has 1 aromatic carbocycles. The van der Waals surface area contributed by atoms with Gasteiger partial charge in [0.05, 0.1) is 5.56 Å². The van der Waals surface area contributed by atoms with Crippen LogP contribution in [0.4, 0.5) is 26.3 Å². The molecule has 0 aliphatic carbocycles. The molecule has 0 saturated heterocycles. The van der Waals surface area contributed by atoms with E-state index in [1.165, 1.54) is 0 Å². The molecule has 0 spiro atoms. The number of hydrogen-bond donors (Lipinski definition) is 0. The van der Waals surface area contributed by atoms with Gasteiger partial charge in [-0.3, -0.25) is 0 Å². The molecule has 8 heteroatoms. The van der Waals surface area contributed by atoms with Crippen LogP contribution in [0.5, 0.6) is 5.75 Å². The van der Waals surface area contributed by atoms with E-state index in [0.717, 1.165) is 13.0 Å². The highest BCUT2D eigenvalue weighted by atomic mass is 19.4. The molecule has 0 heterocycles. The highest BCUT2D eigenvalue weighted by Crippen LogP contribution is 2.44. The van der Waals surface area contributed by atoms with Crippen molar-refractivity contribution >= 4 is 5.97 Å². The third kappa shape index (κ3) is 3.52. The molecule has 1 aromatic rings. The summed E-state index contributed by atoms with van der Waals surface area (Å²) in [5.41, 5.74) is -4.20. The van der Waals surface area contributed by atoms with Crippen LogP contribution in [0.3, 0.4) is 0 Å². The average Bonchev–Trinajstić information content (AvgIpc) is 2.25. The van der Waals surface area contributed by atoms with Crippen molar-refractivity contribution in [2.75, 3.05) is 0 Å². The molecule has 0 bridgehead atoms. The Balaban J connectivity index is 3.46. The summed E-state index contributed by atoms with van der Waals surface area (Å²) < 4.78 is 80.4. The normalized spacial score (nSPS) is 12.2. The zero-order chi connectivity index (χ0) is 15.7. The van der Waals surface area contributed by atoms with E-state index in [1.807, 2.05) is 0 Å². The summed E-state index contributed by atoms with van der Waals surface area (Å²) in [7, 11) is 0. The van der Waals surface area contributed by atoms with E-state index in [4.69, 9.17) is 0 Å². The summed E-state index contributed by atoms with van der Waals surface area (Å²) in [6.45, 7) is 4.29. The van der Waals surface area contributed by atoms with Gasteiger partial charge in [0.2, 0.25) is 0 Å². The van der Waals surface area contributed by atoms with Crippen molar-refractivity contribution in [2.24, 2.45) is 0 Å². The van der Waals surface area contributed by atoms with E-state index in [2.05, 4.69) is 11.3 Å². The highest BCUT2D eigenvalue weighted by Gasteiger charge is 2.45. The Hall–Kier alpha value is -1.99. The summed E-state index contributed by atoms with van der Waals surface area (Å²) in [6.07, 6.45) is -10.5. The fourth-order valence-electron chi connectivity index (χ4n) is 1.33. The number of rotatable bonds is 2. The van der Waals surface area contributed by atoms with Gasteiger partial charge in [0.25, 0.3) is 0 Å². The lowest BCUT2D eigenvalue weighted by atomic mass is 10.1. The second kappa shape index (κ2) is 5.18. The minimum atomic E-state index is -5.32. The Bertz CT molecular complexity index is 542. The first-order valence-corrected chi connectivity index (χ1v) is 5.09. The Morgan fingerprint density at radius 1 is 1.10 bits per heavy atom. The first-order chi connectivity index (χ1) is 8.94. The Morgan fingerprint density at radius 2 is 1.65 bits per heavy atom. The minimum absolute atomic E-state index is 0.240. The predicted molar refractivity (Wildman–Crippen MR) is 56.9 cm³/mol. The van der Waals surface area contributed by atoms with Crippen molar-refractivity contribution in [3.05, 3.63) is 41.5 Å². The van der Waals surface area contributed by atoms with Crippen LogP contribution in [0.15, 0.2) is 30.4 Å². The summed E-state index contributed by atoms with van der Waals surface area (Å²) in [4.78, 5) is 11.2. The van der Waals surface area contributed by atoms with Crippen LogP contribution in [0.25, 0.3) is 0 Å². The third-order valence-corrected chi connectivity index (χ3v) is 2.17. The third-order valence-electron chi connectivity index (χ3n) is 2.17. The quantitative estimate of drug-likeness (QED) is 0.354. The number of hydrogen-bond acceptors (Lipinski definition) is 2. The van der Waals surface area contributed by atoms with Crippen molar-refractivity contribution in [2.45, 2.75) is 19.3 Å². The van der Waals surface area contributed by atoms with Gasteiger partial charge in [-0.15, -0.1) is 0 Å². The van der Waals surface area contributed by atoms with E-state index in [-0.39, 0.29) is 11.6 Å². The number of alkyl halides is 6. The molecule has 0 radical (unpaired) electrons. The summed E-state index contributed by atoms with van der Waals surface area (Å²) >= 11 is 0. The van der Waals surface area contributed by atoms with Crippen LogP contribution in [0.2, 0.25) is 0 Å². The zero-order valence-corrected chi connectivity index (χ0v) is 10.0. The maximum absolute atomic E-state index is 12.8. The van der Waals surface area contributed by atoms with Crippen LogP contribution in [0, 0.1) is 0 Å². The maximum Gasteiger partial charge on any atom is 0.420 e. The second-order valence-electron chi connectivity index (χ2n) is 3.84. The van der Waals surface area contributed by atoms with Crippen LogP contribution < -0.4 is 4.74 Å². The lowest BCUT2D eigenvalue weighted by Crippen LogP contribution is -2.20. The monoisotopic (exact) mass is 298 g/mol. The molecule has 0 fully saturated rings. The largest absolute Gasteiger partial charge is 0.423 e. The van der Waals surface area contributed by atoms with Crippen LogP contribution >= 0.6 is 0 Å². The van der Waals surface area contributed by atoms with E-state index in [1.54, 1.807) is 0 Å². The fraction of sp³-hybridized carbons (Fsp3) is 0.250. The van der Waals surface area contributed by atoms with Gasteiger partial charge in [-0.1, -0.05) is 12.6 Å². The molecule has 0 aliphatic heterocycles. The van der Waals surface area contributed by atoms with Gasteiger partial charge in [-0.25, -0.2) is 4.79 Å². The molecule has 1 rings (SSSR count). The first kappa shape index (κ1) is 16.1. The van der Waals surface area contributed by atoms with E-state index >= 15 is 0 Å². The molecule has 110 valence electrons. The van der Waals surface area contributed by atoms with E-state index < -0.39 is 35.2 Å². The second-order valence-corrected chi connectivity index (χ2v) is 3.84. The maximum atomic E-state index is 12.8. The van der Waals surface area contributed by atoms with Crippen LogP contribution in [-0.4, -0.2) is 5.97 Å². The van der Waals surface area contributed by atoms with Gasteiger partial charge in [0.15, 0.2) is 0 Å². The minimum Gasteiger partial charge on any atom is -0.423 e. The van der Waals surface area contributed by atoms with Crippen molar-refractivity contribution < 1.29 is 35.9 Å². The van der Waals surface area contributed by atoms with Gasteiger partial charge in [-0.2, -0.15) is 26.3 Å². The van der Waals surface area contributed by atoms with Gasteiger partial charge >= 0.3 is 18.3 Å². The molecule has 20 heavy (non-hydrogen) atoms. The van der Waals surface area contributed by atoms with Crippen molar-refractivity contribution in [1.29, 1.82) is 0 Å². The smallest absolute Gasteiger partial charge is 0.420 e. The molecule has 0 atom stereocenters. The lowest BCUT2D eigenvalue weighted by molar-refractivity contribution is -0.163. The molecule has 0 unspecified atom stereocenters. The molecule has 0 aliphatic rings. The number of esters is 1. The molecular weight excluding hydrogens is 290 g/mol. The number of halogens is 6. The molecule has 0 aromatic heterocycles. The molecule has 0 saturated carbocycles. The predicted octanol–water partition coefficient (Wildman–Crippen LogP) is 4.21. The highest BCUT2D eigenvalue weighted by molar-refractivity contribution is 5.89. The summed E-state index contributed by atoms with van der Waals surface area (Å²) in [6, 6.07) is 1.62. The fourth-order valence-corrected chi connectivity index (χ4v) is 1.33. The van der Waals surface area contributed by atoms with Crippen LogP contribution in [-0.2, 0) is 17.1 Å². The topological polar surface area (TPSA) is 26.3 Å². The summed E-state index contributed by atoms with van der Waals surface area (Å²) in [5, 5.41) is 0. The van der Waals surface area contributed by atoms with Crippen molar-refractivity contribution in [1.82, 2.24) is 0 Å². The average molecular weight is 298 g/mol. The molecule has 0 N–H and O–H groups in total. The lowest BCUT2D eigenvalue weighted by Gasteiger charge is -2.18. The summed E-state index contributed by atoms with van der Waals surface area (Å²) in [5.74, 6) is -2.45. The van der Waals surface area contributed by atoms with Crippen LogP contribution in [0.1, 0.15) is 18.1 Å². The number of carbonyl (C=O) groups excluding carboxylic acids is 1. The van der Waals surface area contributed by atoms with E-state index in [9.17, 15) is 31.1 Å².